The summed E-state index contributed by atoms with van der Waals surface area (Å²) in [6, 6.07) is 6.69. The fourth-order valence-corrected chi connectivity index (χ4v) is 3.91. The van der Waals surface area contributed by atoms with Gasteiger partial charge in [-0.2, -0.15) is 0 Å². The maximum atomic E-state index is 12.9. The Morgan fingerprint density at radius 2 is 1.83 bits per heavy atom. The second-order valence-corrected chi connectivity index (χ2v) is 7.85. The van der Waals surface area contributed by atoms with Gasteiger partial charge in [0.05, 0.1) is 19.7 Å². The average Bonchev–Trinajstić information content (AvgIpc) is 3.18. The number of benzene rings is 1. The maximum absolute atomic E-state index is 12.9. The second-order valence-electron chi connectivity index (χ2n) is 6.93. The van der Waals surface area contributed by atoms with E-state index >= 15 is 0 Å². The first-order valence-corrected chi connectivity index (χ1v) is 9.96. The average molecular weight is 417 g/mol. The molecule has 0 atom stereocenters. The predicted octanol–water partition coefficient (Wildman–Crippen LogP) is 2.54. The van der Waals surface area contributed by atoms with Crippen LogP contribution < -0.4 is 26.0 Å². The van der Waals surface area contributed by atoms with Crippen LogP contribution in [0.25, 0.3) is 10.2 Å². The van der Waals surface area contributed by atoms with Gasteiger partial charge >= 0.3 is 5.69 Å². The van der Waals surface area contributed by atoms with Crippen molar-refractivity contribution >= 4 is 33.1 Å². The van der Waals surface area contributed by atoms with Gasteiger partial charge < -0.3 is 14.8 Å². The van der Waals surface area contributed by atoms with E-state index in [0.717, 1.165) is 0 Å². The molecule has 0 saturated heterocycles. The van der Waals surface area contributed by atoms with E-state index < -0.39 is 5.69 Å². The predicted molar refractivity (Wildman–Crippen MR) is 113 cm³/mol. The van der Waals surface area contributed by atoms with Crippen LogP contribution in [0.2, 0.25) is 0 Å². The molecule has 9 heteroatoms. The first-order valence-electron chi connectivity index (χ1n) is 9.08. The van der Waals surface area contributed by atoms with Crippen LogP contribution in [0, 0.1) is 5.92 Å². The van der Waals surface area contributed by atoms with Crippen LogP contribution in [0.5, 0.6) is 11.5 Å². The largest absolute Gasteiger partial charge is 0.493 e. The Balaban J connectivity index is 1.94. The highest BCUT2D eigenvalue weighted by atomic mass is 32.1. The van der Waals surface area contributed by atoms with Crippen molar-refractivity contribution in [3.63, 3.8) is 0 Å². The number of nitrogens with one attached hydrogen (secondary N) is 1. The minimum Gasteiger partial charge on any atom is -0.493 e. The number of amides is 1. The number of methoxy groups -OCH3 is 2. The number of ether oxygens (including phenoxy) is 2. The number of thiophene rings is 1. The molecule has 0 unspecified atom stereocenters. The first kappa shape index (κ1) is 20.7. The summed E-state index contributed by atoms with van der Waals surface area (Å²) in [5.74, 6) is 0.754. The fraction of sp³-hybridized carbons (Fsp3) is 0.350. The van der Waals surface area contributed by atoms with Gasteiger partial charge in [-0.1, -0.05) is 13.8 Å². The topological polar surface area (TPSA) is 91.6 Å². The van der Waals surface area contributed by atoms with Crippen molar-refractivity contribution in [2.24, 2.45) is 5.92 Å². The molecular weight excluding hydrogens is 394 g/mol. The van der Waals surface area contributed by atoms with Gasteiger partial charge in [0.15, 0.2) is 11.5 Å². The summed E-state index contributed by atoms with van der Waals surface area (Å²) in [5, 5.41) is 4.50. The second kappa shape index (κ2) is 8.52. The van der Waals surface area contributed by atoms with Gasteiger partial charge in [0.25, 0.3) is 5.56 Å². The molecule has 1 N–H and O–H groups in total. The Morgan fingerprint density at radius 3 is 2.48 bits per heavy atom. The van der Waals surface area contributed by atoms with Gasteiger partial charge in [-0.3, -0.25) is 18.7 Å². The zero-order chi connectivity index (χ0) is 21.1. The Bertz CT molecular complexity index is 1160. The van der Waals surface area contributed by atoms with Gasteiger partial charge in [-0.15, -0.1) is 11.3 Å². The summed E-state index contributed by atoms with van der Waals surface area (Å²) < 4.78 is 13.4. The molecular formula is C20H23N3O5S. The molecule has 154 valence electrons. The zero-order valence-corrected chi connectivity index (χ0v) is 17.5. The lowest BCUT2D eigenvalue weighted by Crippen LogP contribution is -2.42. The summed E-state index contributed by atoms with van der Waals surface area (Å²) in [7, 11) is 3.04. The van der Waals surface area contributed by atoms with Crippen molar-refractivity contribution in [2.75, 3.05) is 19.5 Å². The molecule has 0 saturated carbocycles. The highest BCUT2D eigenvalue weighted by Gasteiger charge is 2.17. The van der Waals surface area contributed by atoms with Crippen LogP contribution in [0.15, 0.2) is 39.2 Å². The molecule has 8 nitrogen and oxygen atoms in total. The van der Waals surface area contributed by atoms with Crippen LogP contribution >= 0.6 is 11.3 Å². The number of nitrogens with zero attached hydrogens (tertiary/aromatic N) is 2. The minimum absolute atomic E-state index is 0.117. The molecule has 3 aromatic rings. The molecule has 2 heterocycles. The molecule has 1 amide bonds. The molecule has 0 aliphatic carbocycles. The zero-order valence-electron chi connectivity index (χ0n) is 16.7. The molecule has 1 aromatic carbocycles. The van der Waals surface area contributed by atoms with Gasteiger partial charge in [0.1, 0.15) is 11.2 Å². The maximum Gasteiger partial charge on any atom is 0.332 e. The van der Waals surface area contributed by atoms with Crippen molar-refractivity contribution in [1.29, 1.82) is 0 Å². The normalized spacial score (nSPS) is 11.1. The third-order valence-electron chi connectivity index (χ3n) is 4.35. The number of carbonyl (C=O) groups is 1. The van der Waals surface area contributed by atoms with E-state index in [-0.39, 0.29) is 23.9 Å². The molecule has 0 aliphatic heterocycles. The summed E-state index contributed by atoms with van der Waals surface area (Å²) >= 11 is 1.26. The minimum atomic E-state index is -0.489. The monoisotopic (exact) mass is 417 g/mol. The number of carbonyl (C=O) groups excluding carboxylic acids is 1. The summed E-state index contributed by atoms with van der Waals surface area (Å²) in [6.45, 7) is 3.94. The van der Waals surface area contributed by atoms with Crippen LogP contribution in [-0.4, -0.2) is 29.3 Å². The van der Waals surface area contributed by atoms with Crippen molar-refractivity contribution in [3.05, 3.63) is 50.5 Å². The van der Waals surface area contributed by atoms with E-state index in [1.165, 1.54) is 34.7 Å². The molecule has 0 bridgehead atoms. The quantitative estimate of drug-likeness (QED) is 0.638. The number of rotatable bonds is 7. The molecule has 3 rings (SSSR count). The number of aromatic nitrogens is 2. The van der Waals surface area contributed by atoms with Gasteiger partial charge in [0.2, 0.25) is 5.91 Å². The number of hydrogen-bond donors (Lipinski definition) is 1. The van der Waals surface area contributed by atoms with Crippen LogP contribution in [0.1, 0.15) is 13.8 Å². The standard InChI is InChI=1S/C20H23N3O5S/c1-12(2)10-23-19(25)18-14(7-8-29-18)22(20(23)26)11-17(24)21-13-5-6-15(27-3)16(9-13)28-4/h5-9,12H,10-11H2,1-4H3,(H,21,24). The van der Waals surface area contributed by atoms with Gasteiger partial charge in [-0.25, -0.2) is 4.79 Å². The third-order valence-corrected chi connectivity index (χ3v) is 5.24. The SMILES string of the molecule is COc1ccc(NC(=O)Cn2c(=O)n(CC(C)C)c(=O)c3sccc32)cc1OC. The molecule has 0 radical (unpaired) electrons. The molecule has 0 aliphatic rings. The summed E-state index contributed by atoms with van der Waals surface area (Å²) in [4.78, 5) is 38.2. The molecule has 2 aromatic heterocycles. The summed E-state index contributed by atoms with van der Waals surface area (Å²) in [6.07, 6.45) is 0. The van der Waals surface area contributed by atoms with Crippen molar-refractivity contribution in [2.45, 2.75) is 26.9 Å². The van der Waals surface area contributed by atoms with E-state index in [2.05, 4.69) is 5.32 Å². The lowest BCUT2D eigenvalue weighted by atomic mass is 10.2. The number of hydrogen-bond acceptors (Lipinski definition) is 6. The lowest BCUT2D eigenvalue weighted by Gasteiger charge is -2.14. The van der Waals surface area contributed by atoms with Crippen LogP contribution in [-0.2, 0) is 17.9 Å². The highest BCUT2D eigenvalue weighted by molar-refractivity contribution is 7.17. The number of fused-ring (bicyclic) bond motifs is 1. The van der Waals surface area contributed by atoms with E-state index in [1.807, 2.05) is 13.8 Å². The van der Waals surface area contributed by atoms with E-state index in [9.17, 15) is 14.4 Å². The Kier molecular flexibility index (Phi) is 6.07. The van der Waals surface area contributed by atoms with Crippen molar-refractivity contribution in [3.8, 4) is 11.5 Å². The Hall–Kier alpha value is -3.07. The van der Waals surface area contributed by atoms with Gasteiger partial charge in [-0.05, 0) is 29.5 Å². The van der Waals surface area contributed by atoms with E-state index in [1.54, 1.807) is 29.6 Å². The van der Waals surface area contributed by atoms with E-state index in [0.29, 0.717) is 33.9 Å². The van der Waals surface area contributed by atoms with Crippen molar-refractivity contribution < 1.29 is 14.3 Å². The van der Waals surface area contributed by atoms with Crippen LogP contribution in [0.3, 0.4) is 0 Å². The lowest BCUT2D eigenvalue weighted by molar-refractivity contribution is -0.116. The Morgan fingerprint density at radius 1 is 1.10 bits per heavy atom. The third kappa shape index (κ3) is 4.19. The Labute approximate surface area is 171 Å². The number of anilines is 1. The van der Waals surface area contributed by atoms with Crippen LogP contribution in [0.4, 0.5) is 5.69 Å². The fourth-order valence-electron chi connectivity index (χ4n) is 3.07. The first-order chi connectivity index (χ1) is 13.8. The highest BCUT2D eigenvalue weighted by Crippen LogP contribution is 2.29. The van der Waals surface area contributed by atoms with Gasteiger partial charge in [0, 0.05) is 18.3 Å². The van der Waals surface area contributed by atoms with E-state index in [4.69, 9.17) is 9.47 Å². The molecule has 0 fully saturated rings. The molecule has 29 heavy (non-hydrogen) atoms. The summed E-state index contributed by atoms with van der Waals surface area (Å²) in [5.41, 5.74) is 0.174. The smallest absolute Gasteiger partial charge is 0.332 e. The van der Waals surface area contributed by atoms with Crippen molar-refractivity contribution in [1.82, 2.24) is 9.13 Å². The molecule has 0 spiro atoms.